The fourth-order valence-corrected chi connectivity index (χ4v) is 10.6. The number of aromatic carboxylic acids is 1. The summed E-state index contributed by atoms with van der Waals surface area (Å²) in [6.07, 6.45) is 7.48. The number of carboxylic acid groups (broad SMARTS) is 2. The second kappa shape index (κ2) is 11.2. The van der Waals surface area contributed by atoms with Gasteiger partial charge in [0, 0.05) is 31.9 Å². The van der Waals surface area contributed by atoms with Crippen LogP contribution in [0.5, 0.6) is 0 Å². The summed E-state index contributed by atoms with van der Waals surface area (Å²) in [7, 11) is 5.83. The number of hydrogen-bond donors (Lipinski definition) is 2. The van der Waals surface area contributed by atoms with E-state index in [9.17, 15) is 14.7 Å². The fourth-order valence-electron chi connectivity index (χ4n) is 5.39. The Hall–Kier alpha value is -3.36. The van der Waals surface area contributed by atoms with Crippen molar-refractivity contribution < 1.29 is 24.4 Å². The maximum Gasteiger partial charge on any atom is 0.336 e. The summed E-state index contributed by atoms with van der Waals surface area (Å²) in [6.45, 7) is 2.41. The quantitative estimate of drug-likeness (QED) is 0.273. The lowest BCUT2D eigenvalue weighted by Gasteiger charge is -2.40. The molecule has 2 N–H and O–H groups in total. The Morgan fingerprint density at radius 1 is 1.03 bits per heavy atom. The Bertz CT molecular complexity index is 1420. The normalized spacial score (nSPS) is 18.0. The number of aliphatic carboxylic acids is 1. The molecule has 0 unspecified atom stereocenters. The number of carbonyl (C=O) groups is 2. The molecule has 0 amide bonds. The lowest BCUT2D eigenvalue weighted by atomic mass is 9.87. The van der Waals surface area contributed by atoms with Crippen LogP contribution in [0.4, 0.5) is 5.69 Å². The van der Waals surface area contributed by atoms with Gasteiger partial charge in [0.25, 0.3) is 0 Å². The molecule has 2 aromatic carbocycles. The average molecular weight is 548 g/mol. The number of thioether (sulfide) groups is 1. The molecule has 0 fully saturated rings. The minimum Gasteiger partial charge on any atom is -0.481 e. The van der Waals surface area contributed by atoms with E-state index in [2.05, 4.69) is 52.4 Å². The summed E-state index contributed by atoms with van der Waals surface area (Å²) in [5.41, 5.74) is 6.41. The van der Waals surface area contributed by atoms with Crippen molar-refractivity contribution in [2.24, 2.45) is 0 Å². The van der Waals surface area contributed by atoms with Crippen molar-refractivity contribution in [3.05, 3.63) is 88.2 Å². The van der Waals surface area contributed by atoms with Crippen LogP contribution in [0.2, 0.25) is 12.6 Å². The van der Waals surface area contributed by atoms with E-state index in [4.69, 9.17) is 5.11 Å². The van der Waals surface area contributed by atoms with Crippen molar-refractivity contribution in [1.29, 1.82) is 0 Å². The molecule has 1 atom stereocenters. The summed E-state index contributed by atoms with van der Waals surface area (Å²) < 4.78 is 2.11. The molecule has 8 heteroatoms. The third-order valence-electron chi connectivity index (χ3n) is 7.38. The van der Waals surface area contributed by atoms with Crippen LogP contribution < -0.4 is 10.1 Å². The average Bonchev–Trinajstić information content (AvgIpc) is 2.88. The predicted octanol–water partition coefficient (Wildman–Crippen LogP) is 4.51. The molecule has 4 rings (SSSR count). The maximum atomic E-state index is 12.3. The second-order valence-corrected chi connectivity index (χ2v) is 15.7. The zero-order chi connectivity index (χ0) is 27.6. The van der Waals surface area contributed by atoms with Crippen molar-refractivity contribution in [3.8, 4) is 0 Å². The smallest absolute Gasteiger partial charge is 0.336 e. The summed E-state index contributed by atoms with van der Waals surface area (Å²) in [5.74, 6) is -0.815. The lowest BCUT2D eigenvalue weighted by molar-refractivity contribution is -0.462. The molecule has 0 saturated carbocycles. The first kappa shape index (κ1) is 27.7. The van der Waals surface area contributed by atoms with Gasteiger partial charge in [-0.05, 0) is 75.1 Å². The van der Waals surface area contributed by atoms with Gasteiger partial charge in [-0.3, -0.25) is 4.79 Å². The van der Waals surface area contributed by atoms with Crippen LogP contribution >= 0.6 is 11.8 Å². The summed E-state index contributed by atoms with van der Waals surface area (Å²) in [5, 5.41) is 21.7. The van der Waals surface area contributed by atoms with Crippen LogP contribution in [-0.2, 0) is 4.79 Å². The minimum atomic E-state index is -2.31. The highest BCUT2D eigenvalue weighted by molar-refractivity contribution is 7.99. The highest BCUT2D eigenvalue weighted by Gasteiger charge is 2.43. The fraction of sp³-hybridized carbons (Fsp3) is 0.300. The number of hydrogen-bond acceptors (Lipinski definition) is 4. The monoisotopic (exact) mass is 547 g/mol. The summed E-state index contributed by atoms with van der Waals surface area (Å²) >= 11 is 1.47. The highest BCUT2D eigenvalue weighted by atomic mass is 32.2. The molecule has 1 aliphatic carbocycles. The lowest BCUT2D eigenvalue weighted by Crippen LogP contribution is -2.52. The number of benzene rings is 2. The van der Waals surface area contributed by atoms with Gasteiger partial charge in [0.05, 0.1) is 11.3 Å². The number of nitrogens with zero attached hydrogens (tertiary/aromatic N) is 2. The number of allylic oxidation sites excluding steroid dienone is 5. The van der Waals surface area contributed by atoms with E-state index in [1.54, 1.807) is 12.1 Å². The van der Waals surface area contributed by atoms with E-state index >= 15 is 0 Å². The molecule has 6 nitrogen and oxygen atoms in total. The van der Waals surface area contributed by atoms with Gasteiger partial charge in [0.15, 0.2) is 5.71 Å². The molecular formula is C30H35N2O4SSi+. The highest BCUT2D eigenvalue weighted by Crippen LogP contribution is 2.44. The van der Waals surface area contributed by atoms with Gasteiger partial charge in [-0.25, -0.2) is 9.37 Å². The van der Waals surface area contributed by atoms with Crippen molar-refractivity contribution >= 4 is 53.9 Å². The van der Waals surface area contributed by atoms with Gasteiger partial charge in [0.1, 0.15) is 22.2 Å². The summed E-state index contributed by atoms with van der Waals surface area (Å²) in [6, 6.07) is 14.8. The molecule has 38 heavy (non-hydrogen) atoms. The van der Waals surface area contributed by atoms with Crippen LogP contribution in [0, 0.1) is 0 Å². The molecule has 0 bridgehead atoms. The number of rotatable bonds is 9. The Kier molecular flexibility index (Phi) is 8.13. The van der Waals surface area contributed by atoms with Gasteiger partial charge in [-0.15, -0.1) is 0 Å². The van der Waals surface area contributed by atoms with Crippen LogP contribution in [0.15, 0.2) is 71.5 Å². The van der Waals surface area contributed by atoms with Gasteiger partial charge in [-0.2, -0.15) is 11.8 Å². The summed E-state index contributed by atoms with van der Waals surface area (Å²) in [4.78, 5) is 25.4. The van der Waals surface area contributed by atoms with Gasteiger partial charge < -0.3 is 15.1 Å². The van der Waals surface area contributed by atoms with E-state index < -0.39 is 20.0 Å². The third kappa shape index (κ3) is 5.28. The number of anilines is 1. The standard InChI is InChI=1S/C30H34N2O4SSi/c1-31(2)20-11-13-24-26(17-20)38(5,16-8-15-37-19-28(33)34)27-18-21(32(3)4)12-14-25(27)29(24)22-9-6-7-10-23(22)30(35)36/h6-7,9-14,17-18H,8,15-16,19H2,1-5H3,(H-,33,34,35,36)/p+1. The SMILES string of the molecule is CN(C)c1ccc2c(c1)[Si@@](C)(CCCSCC(=O)O)C1=CC(=[N+](C)C)C=CC1=C2c1ccccc1C(=O)O. The molecule has 198 valence electrons. The first-order valence-corrected chi connectivity index (χ1v) is 16.5. The molecule has 2 aliphatic rings. The molecule has 0 spiro atoms. The molecule has 0 radical (unpaired) electrons. The number of fused-ring (bicyclic) bond motifs is 2. The first-order valence-electron chi connectivity index (χ1n) is 12.7. The maximum absolute atomic E-state index is 12.3. The predicted molar refractivity (Wildman–Crippen MR) is 160 cm³/mol. The Labute approximate surface area is 229 Å². The van der Waals surface area contributed by atoms with E-state index in [-0.39, 0.29) is 5.75 Å². The van der Waals surface area contributed by atoms with Crippen molar-refractivity contribution in [2.45, 2.75) is 19.0 Å². The van der Waals surface area contributed by atoms with Gasteiger partial charge in [0.2, 0.25) is 0 Å². The molecule has 1 heterocycles. The zero-order valence-electron chi connectivity index (χ0n) is 22.6. The second-order valence-electron chi connectivity index (χ2n) is 10.4. The first-order chi connectivity index (χ1) is 18.0. The molecule has 0 saturated heterocycles. The molecule has 0 aromatic heterocycles. The molecule has 2 aromatic rings. The van der Waals surface area contributed by atoms with Crippen LogP contribution in [0.1, 0.15) is 27.9 Å². The van der Waals surface area contributed by atoms with Gasteiger partial charge >= 0.3 is 11.9 Å². The third-order valence-corrected chi connectivity index (χ3v) is 13.0. The van der Waals surface area contributed by atoms with E-state index in [1.165, 1.54) is 22.1 Å². The van der Waals surface area contributed by atoms with E-state index in [1.807, 2.05) is 40.3 Å². The Morgan fingerprint density at radius 2 is 1.76 bits per heavy atom. The number of carboxylic acids is 2. The van der Waals surface area contributed by atoms with Crippen molar-refractivity contribution in [2.75, 3.05) is 44.6 Å². The largest absolute Gasteiger partial charge is 0.481 e. The van der Waals surface area contributed by atoms with Gasteiger partial charge in [-0.1, -0.05) is 30.8 Å². The Balaban J connectivity index is 1.98. The Morgan fingerprint density at radius 3 is 2.42 bits per heavy atom. The topological polar surface area (TPSA) is 80.9 Å². The molecular weight excluding hydrogens is 512 g/mol. The van der Waals surface area contributed by atoms with Crippen LogP contribution in [-0.4, -0.2) is 80.2 Å². The van der Waals surface area contributed by atoms with E-state index in [0.29, 0.717) is 5.56 Å². The minimum absolute atomic E-state index is 0.116. The van der Waals surface area contributed by atoms with Crippen LogP contribution in [0.25, 0.3) is 5.57 Å². The zero-order valence-corrected chi connectivity index (χ0v) is 24.4. The van der Waals surface area contributed by atoms with Crippen molar-refractivity contribution in [3.63, 3.8) is 0 Å². The van der Waals surface area contributed by atoms with Crippen LogP contribution in [0.3, 0.4) is 0 Å². The van der Waals surface area contributed by atoms with E-state index in [0.717, 1.165) is 51.9 Å². The van der Waals surface area contributed by atoms with Crippen molar-refractivity contribution in [1.82, 2.24) is 0 Å². The molecule has 1 aliphatic heterocycles.